The number of hydrogen-bond donors (Lipinski definition) is 0. The van der Waals surface area contributed by atoms with E-state index in [-0.39, 0.29) is 18.1 Å². The summed E-state index contributed by atoms with van der Waals surface area (Å²) in [4.78, 5) is 18.9. The molecule has 88 valence electrons. The molecule has 1 amide bonds. The summed E-state index contributed by atoms with van der Waals surface area (Å²) >= 11 is 1.41. The number of aryl methyl sites for hydroxylation is 1. The first-order valence-corrected chi connectivity index (χ1v) is 6.30. The quantitative estimate of drug-likeness (QED) is 0.750. The summed E-state index contributed by atoms with van der Waals surface area (Å²) in [5.41, 5.74) is 2.54. The zero-order chi connectivity index (χ0) is 11.7. The molecule has 1 saturated heterocycles. The molecular weight excluding hydrogens is 224 g/mol. The van der Waals surface area contributed by atoms with Gasteiger partial charge in [0, 0.05) is 13.1 Å². The summed E-state index contributed by atoms with van der Waals surface area (Å²) in [7, 11) is 0. The van der Waals surface area contributed by atoms with Crippen molar-refractivity contribution in [3.8, 4) is 0 Å². The highest BCUT2D eigenvalue weighted by atomic mass is 32.1. The molecule has 16 heavy (non-hydrogen) atoms. The van der Waals surface area contributed by atoms with Gasteiger partial charge in [-0.15, -0.1) is 11.3 Å². The number of aromatic nitrogens is 1. The Morgan fingerprint density at radius 3 is 2.62 bits per heavy atom. The number of carbonyl (C=O) groups excluding carboxylic acids is 1. The number of thiazole rings is 1. The van der Waals surface area contributed by atoms with E-state index in [0.717, 1.165) is 10.6 Å². The van der Waals surface area contributed by atoms with E-state index in [1.54, 1.807) is 5.51 Å². The lowest BCUT2D eigenvalue weighted by molar-refractivity contribution is -0.0585. The molecule has 1 aliphatic heterocycles. The van der Waals surface area contributed by atoms with Crippen molar-refractivity contribution in [1.29, 1.82) is 0 Å². The average molecular weight is 240 g/mol. The standard InChI is InChI=1S/C11H16N2O2S/c1-7-4-13(5-8(2)15-7)11(14)10-9(3)12-6-16-10/h6-8H,4-5H2,1-3H3/t7-,8-/m0/s1. The van der Waals surface area contributed by atoms with E-state index in [2.05, 4.69) is 4.98 Å². The van der Waals surface area contributed by atoms with Gasteiger partial charge in [0.15, 0.2) is 0 Å². The van der Waals surface area contributed by atoms with Crippen molar-refractivity contribution in [2.45, 2.75) is 33.0 Å². The first kappa shape index (κ1) is 11.5. The van der Waals surface area contributed by atoms with Crippen LogP contribution in [0.25, 0.3) is 0 Å². The molecule has 0 bridgehead atoms. The van der Waals surface area contributed by atoms with Gasteiger partial charge in [-0.1, -0.05) is 0 Å². The summed E-state index contributed by atoms with van der Waals surface area (Å²) in [6, 6.07) is 0. The summed E-state index contributed by atoms with van der Waals surface area (Å²) in [5.74, 6) is 0.0852. The molecule has 0 spiro atoms. The highest BCUT2D eigenvalue weighted by Gasteiger charge is 2.28. The number of nitrogens with zero attached hydrogens (tertiary/aromatic N) is 2. The number of amides is 1. The van der Waals surface area contributed by atoms with E-state index in [9.17, 15) is 4.79 Å². The van der Waals surface area contributed by atoms with Gasteiger partial charge in [-0.05, 0) is 20.8 Å². The van der Waals surface area contributed by atoms with Crippen molar-refractivity contribution >= 4 is 17.2 Å². The van der Waals surface area contributed by atoms with Crippen LogP contribution in [0.2, 0.25) is 0 Å². The minimum absolute atomic E-state index is 0.0852. The van der Waals surface area contributed by atoms with Crippen molar-refractivity contribution in [2.75, 3.05) is 13.1 Å². The van der Waals surface area contributed by atoms with Crippen LogP contribution >= 0.6 is 11.3 Å². The highest BCUT2D eigenvalue weighted by molar-refractivity contribution is 7.11. The second-order valence-corrected chi connectivity index (χ2v) is 5.09. The molecule has 0 N–H and O–H groups in total. The predicted octanol–water partition coefficient (Wildman–Crippen LogP) is 1.70. The second kappa shape index (κ2) is 4.51. The lowest BCUT2D eigenvalue weighted by atomic mass is 10.2. The smallest absolute Gasteiger partial charge is 0.266 e. The van der Waals surface area contributed by atoms with E-state index in [0.29, 0.717) is 13.1 Å². The lowest BCUT2D eigenvalue weighted by Crippen LogP contribution is -2.48. The zero-order valence-corrected chi connectivity index (χ0v) is 10.6. The SMILES string of the molecule is Cc1ncsc1C(=O)N1C[C@H](C)O[C@@H](C)C1. The van der Waals surface area contributed by atoms with Crippen LogP contribution in [0.15, 0.2) is 5.51 Å². The first-order chi connectivity index (χ1) is 7.58. The summed E-state index contributed by atoms with van der Waals surface area (Å²) in [6.07, 6.45) is 0.224. The number of morpholine rings is 1. The third kappa shape index (κ3) is 2.25. The van der Waals surface area contributed by atoms with E-state index in [1.165, 1.54) is 11.3 Å². The molecule has 1 aromatic heterocycles. The number of rotatable bonds is 1. The molecule has 1 aliphatic rings. The molecule has 2 atom stereocenters. The van der Waals surface area contributed by atoms with Gasteiger partial charge in [-0.2, -0.15) is 0 Å². The van der Waals surface area contributed by atoms with Gasteiger partial charge in [0.1, 0.15) is 4.88 Å². The molecule has 0 aromatic carbocycles. The van der Waals surface area contributed by atoms with Crippen molar-refractivity contribution in [2.24, 2.45) is 0 Å². The molecule has 4 nitrogen and oxygen atoms in total. The Hall–Kier alpha value is -0.940. The molecule has 0 unspecified atom stereocenters. The third-order valence-electron chi connectivity index (χ3n) is 2.65. The fraction of sp³-hybridized carbons (Fsp3) is 0.636. The van der Waals surface area contributed by atoms with Crippen molar-refractivity contribution in [3.05, 3.63) is 16.1 Å². The zero-order valence-electron chi connectivity index (χ0n) is 9.77. The molecule has 5 heteroatoms. The molecule has 1 fully saturated rings. The number of hydrogen-bond acceptors (Lipinski definition) is 4. The van der Waals surface area contributed by atoms with Gasteiger partial charge in [0.05, 0.1) is 23.4 Å². The van der Waals surface area contributed by atoms with Crippen molar-refractivity contribution in [1.82, 2.24) is 9.88 Å². The van der Waals surface area contributed by atoms with Gasteiger partial charge < -0.3 is 9.64 Å². The van der Waals surface area contributed by atoms with E-state index in [4.69, 9.17) is 4.74 Å². The summed E-state index contributed by atoms with van der Waals surface area (Å²) in [6.45, 7) is 7.20. The van der Waals surface area contributed by atoms with Gasteiger partial charge >= 0.3 is 0 Å². The first-order valence-electron chi connectivity index (χ1n) is 5.42. The van der Waals surface area contributed by atoms with Crippen LogP contribution in [0.4, 0.5) is 0 Å². The predicted molar refractivity (Wildman–Crippen MR) is 62.8 cm³/mol. The van der Waals surface area contributed by atoms with E-state index in [1.807, 2.05) is 25.7 Å². The Bertz CT molecular complexity index is 381. The van der Waals surface area contributed by atoms with Gasteiger partial charge in [0.25, 0.3) is 5.91 Å². The Labute approximate surface area is 99.2 Å². The van der Waals surface area contributed by atoms with Crippen LogP contribution in [0, 0.1) is 6.92 Å². The monoisotopic (exact) mass is 240 g/mol. The molecule has 1 aromatic rings. The average Bonchev–Trinajstić information content (AvgIpc) is 2.62. The molecule has 2 rings (SSSR count). The fourth-order valence-electron chi connectivity index (χ4n) is 1.99. The minimum Gasteiger partial charge on any atom is -0.372 e. The van der Waals surface area contributed by atoms with Crippen LogP contribution < -0.4 is 0 Å². The van der Waals surface area contributed by atoms with E-state index < -0.39 is 0 Å². The van der Waals surface area contributed by atoms with E-state index >= 15 is 0 Å². The molecule has 0 aliphatic carbocycles. The maximum atomic E-state index is 12.2. The lowest BCUT2D eigenvalue weighted by Gasteiger charge is -2.35. The molecule has 0 radical (unpaired) electrons. The summed E-state index contributed by atoms with van der Waals surface area (Å²) in [5, 5.41) is 0. The van der Waals surface area contributed by atoms with Crippen molar-refractivity contribution < 1.29 is 9.53 Å². The molecule has 0 saturated carbocycles. The summed E-state index contributed by atoms with van der Waals surface area (Å²) < 4.78 is 5.61. The van der Waals surface area contributed by atoms with Crippen LogP contribution in [0.5, 0.6) is 0 Å². The minimum atomic E-state index is 0.0852. The Kier molecular flexibility index (Phi) is 3.25. The topological polar surface area (TPSA) is 42.4 Å². The third-order valence-corrected chi connectivity index (χ3v) is 3.56. The van der Waals surface area contributed by atoms with Gasteiger partial charge in [-0.3, -0.25) is 4.79 Å². The molecular formula is C11H16N2O2S. The Morgan fingerprint density at radius 2 is 2.12 bits per heavy atom. The number of carbonyl (C=O) groups is 1. The van der Waals surface area contributed by atoms with Gasteiger partial charge in [-0.25, -0.2) is 4.98 Å². The van der Waals surface area contributed by atoms with Crippen LogP contribution in [0.1, 0.15) is 29.2 Å². The van der Waals surface area contributed by atoms with Crippen LogP contribution in [0.3, 0.4) is 0 Å². The van der Waals surface area contributed by atoms with Crippen LogP contribution in [-0.2, 0) is 4.74 Å². The normalized spacial score (nSPS) is 25.8. The molecule has 2 heterocycles. The van der Waals surface area contributed by atoms with Gasteiger partial charge in [0.2, 0.25) is 0 Å². The second-order valence-electron chi connectivity index (χ2n) is 4.23. The maximum absolute atomic E-state index is 12.2. The van der Waals surface area contributed by atoms with Crippen LogP contribution in [-0.4, -0.2) is 41.1 Å². The Balaban J connectivity index is 2.13. The largest absolute Gasteiger partial charge is 0.372 e. The highest BCUT2D eigenvalue weighted by Crippen LogP contribution is 2.18. The van der Waals surface area contributed by atoms with Crippen molar-refractivity contribution in [3.63, 3.8) is 0 Å². The fourth-order valence-corrected chi connectivity index (χ4v) is 2.76. The Morgan fingerprint density at radius 1 is 1.50 bits per heavy atom. The maximum Gasteiger partial charge on any atom is 0.266 e. The number of ether oxygens (including phenoxy) is 1.